The standard InChI is InChI=1S/C10H9F2NO/c1-2-9(14-6-13)7-4-3-5-8(11)10(7)12/h3-5,9H,2H2,1H3/t9-/m1/s1. The van der Waals surface area contributed by atoms with Gasteiger partial charge in [0.1, 0.15) is 6.10 Å². The summed E-state index contributed by atoms with van der Waals surface area (Å²) in [7, 11) is 0. The van der Waals surface area contributed by atoms with Gasteiger partial charge in [0, 0.05) is 5.56 Å². The van der Waals surface area contributed by atoms with E-state index in [2.05, 4.69) is 4.74 Å². The molecular formula is C10H9F2NO. The number of nitriles is 1. The zero-order valence-corrected chi connectivity index (χ0v) is 7.63. The van der Waals surface area contributed by atoms with Crippen LogP contribution < -0.4 is 0 Å². The average molecular weight is 197 g/mol. The summed E-state index contributed by atoms with van der Waals surface area (Å²) in [5.74, 6) is -1.88. The predicted molar refractivity (Wildman–Crippen MR) is 46.1 cm³/mol. The summed E-state index contributed by atoms with van der Waals surface area (Å²) in [5, 5.41) is 8.30. The lowest BCUT2D eigenvalue weighted by atomic mass is 10.1. The lowest BCUT2D eigenvalue weighted by Crippen LogP contribution is -2.03. The van der Waals surface area contributed by atoms with Gasteiger partial charge in [-0.15, -0.1) is 0 Å². The maximum Gasteiger partial charge on any atom is 0.286 e. The number of hydrogen-bond donors (Lipinski definition) is 0. The first-order valence-electron chi connectivity index (χ1n) is 4.19. The Labute approximate surface area is 80.7 Å². The molecule has 0 saturated carbocycles. The first-order valence-corrected chi connectivity index (χ1v) is 4.19. The Morgan fingerprint density at radius 1 is 1.50 bits per heavy atom. The van der Waals surface area contributed by atoms with Crippen molar-refractivity contribution in [3.8, 4) is 6.26 Å². The van der Waals surface area contributed by atoms with Crippen LogP contribution >= 0.6 is 0 Å². The molecule has 0 aromatic heterocycles. The van der Waals surface area contributed by atoms with Gasteiger partial charge in [-0.2, -0.15) is 5.26 Å². The molecule has 0 fully saturated rings. The normalized spacial score (nSPS) is 11.9. The third-order valence-electron chi connectivity index (χ3n) is 1.89. The van der Waals surface area contributed by atoms with Gasteiger partial charge in [0.2, 0.25) is 0 Å². The molecule has 1 atom stereocenters. The lowest BCUT2D eigenvalue weighted by Gasteiger charge is -2.12. The van der Waals surface area contributed by atoms with Gasteiger partial charge in [0.05, 0.1) is 0 Å². The van der Waals surface area contributed by atoms with Gasteiger partial charge < -0.3 is 4.74 Å². The molecule has 1 aromatic carbocycles. The third-order valence-corrected chi connectivity index (χ3v) is 1.89. The fourth-order valence-electron chi connectivity index (χ4n) is 1.20. The Hall–Kier alpha value is -1.63. The molecule has 0 aliphatic carbocycles. The molecule has 74 valence electrons. The summed E-state index contributed by atoms with van der Waals surface area (Å²) in [6.45, 7) is 1.73. The topological polar surface area (TPSA) is 33.0 Å². The van der Waals surface area contributed by atoms with Gasteiger partial charge in [-0.3, -0.25) is 0 Å². The number of nitrogens with zero attached hydrogens (tertiary/aromatic N) is 1. The summed E-state index contributed by atoms with van der Waals surface area (Å²) in [6, 6.07) is 3.82. The SMILES string of the molecule is CC[C@@H](OC#N)c1cccc(F)c1F. The summed E-state index contributed by atoms with van der Waals surface area (Å²) in [4.78, 5) is 0. The van der Waals surface area contributed by atoms with Gasteiger partial charge in [-0.25, -0.2) is 8.78 Å². The van der Waals surface area contributed by atoms with Crippen LogP contribution in [0.1, 0.15) is 25.0 Å². The highest BCUT2D eigenvalue weighted by Crippen LogP contribution is 2.24. The van der Waals surface area contributed by atoms with Crippen molar-refractivity contribution < 1.29 is 13.5 Å². The Kier molecular flexibility index (Phi) is 3.41. The second kappa shape index (κ2) is 4.56. The van der Waals surface area contributed by atoms with E-state index in [9.17, 15) is 8.78 Å². The van der Waals surface area contributed by atoms with E-state index in [0.717, 1.165) is 6.07 Å². The summed E-state index contributed by atoms with van der Waals surface area (Å²) in [5.41, 5.74) is 0.0778. The molecule has 4 heteroatoms. The molecule has 0 radical (unpaired) electrons. The minimum Gasteiger partial charge on any atom is -0.419 e. The Morgan fingerprint density at radius 3 is 2.79 bits per heavy atom. The highest BCUT2D eigenvalue weighted by Gasteiger charge is 2.17. The second-order valence-corrected chi connectivity index (χ2v) is 2.75. The number of benzene rings is 1. The van der Waals surface area contributed by atoms with E-state index in [1.54, 1.807) is 6.92 Å². The number of halogens is 2. The minimum atomic E-state index is -0.949. The Balaban J connectivity index is 3.05. The van der Waals surface area contributed by atoms with Crippen LogP contribution in [0, 0.1) is 23.2 Å². The molecule has 0 saturated heterocycles. The van der Waals surface area contributed by atoms with Gasteiger partial charge in [-0.1, -0.05) is 19.1 Å². The molecule has 2 nitrogen and oxygen atoms in total. The molecule has 0 N–H and O–H groups in total. The highest BCUT2D eigenvalue weighted by atomic mass is 19.2. The molecule has 0 spiro atoms. The van der Waals surface area contributed by atoms with Crippen LogP contribution in [0.2, 0.25) is 0 Å². The van der Waals surface area contributed by atoms with Crippen LogP contribution in [-0.2, 0) is 4.74 Å². The quantitative estimate of drug-likeness (QED) is 0.698. The van der Waals surface area contributed by atoms with Crippen LogP contribution in [0.4, 0.5) is 8.78 Å². The van der Waals surface area contributed by atoms with E-state index in [1.807, 2.05) is 0 Å². The molecule has 0 bridgehead atoms. The second-order valence-electron chi connectivity index (χ2n) is 2.75. The third kappa shape index (κ3) is 1.99. The van der Waals surface area contributed by atoms with Crippen LogP contribution in [0.25, 0.3) is 0 Å². The van der Waals surface area contributed by atoms with Crippen molar-refractivity contribution in [1.82, 2.24) is 0 Å². The van der Waals surface area contributed by atoms with E-state index in [-0.39, 0.29) is 5.56 Å². The molecule has 1 rings (SSSR count). The minimum absolute atomic E-state index is 0.0778. The fourth-order valence-corrected chi connectivity index (χ4v) is 1.20. The van der Waals surface area contributed by atoms with E-state index >= 15 is 0 Å². The molecule has 0 heterocycles. The van der Waals surface area contributed by atoms with E-state index in [4.69, 9.17) is 5.26 Å². The number of rotatable bonds is 3. The molecule has 0 aliphatic heterocycles. The van der Waals surface area contributed by atoms with Crippen molar-refractivity contribution in [2.45, 2.75) is 19.4 Å². The average Bonchev–Trinajstić information content (AvgIpc) is 2.19. The van der Waals surface area contributed by atoms with Crippen LogP contribution in [0.3, 0.4) is 0 Å². The zero-order valence-electron chi connectivity index (χ0n) is 7.63. The van der Waals surface area contributed by atoms with E-state index in [0.29, 0.717) is 6.42 Å². The highest BCUT2D eigenvalue weighted by molar-refractivity contribution is 5.21. The van der Waals surface area contributed by atoms with Crippen LogP contribution in [-0.4, -0.2) is 0 Å². The molecule has 0 unspecified atom stereocenters. The molecule has 1 aromatic rings. The summed E-state index contributed by atoms with van der Waals surface area (Å²) < 4.78 is 30.6. The van der Waals surface area contributed by atoms with E-state index < -0.39 is 17.7 Å². The van der Waals surface area contributed by atoms with Crippen molar-refractivity contribution in [2.24, 2.45) is 0 Å². The largest absolute Gasteiger partial charge is 0.419 e. The van der Waals surface area contributed by atoms with Gasteiger partial charge in [-0.05, 0) is 12.5 Å². The van der Waals surface area contributed by atoms with Crippen molar-refractivity contribution in [2.75, 3.05) is 0 Å². The van der Waals surface area contributed by atoms with Crippen molar-refractivity contribution >= 4 is 0 Å². The van der Waals surface area contributed by atoms with Gasteiger partial charge in [0.25, 0.3) is 6.26 Å². The van der Waals surface area contributed by atoms with Crippen molar-refractivity contribution in [1.29, 1.82) is 5.26 Å². The molecule has 0 amide bonds. The maximum atomic E-state index is 13.2. The smallest absolute Gasteiger partial charge is 0.286 e. The number of ether oxygens (including phenoxy) is 1. The van der Waals surface area contributed by atoms with Crippen molar-refractivity contribution in [3.63, 3.8) is 0 Å². The fraction of sp³-hybridized carbons (Fsp3) is 0.300. The Bertz CT molecular complexity index is 360. The van der Waals surface area contributed by atoms with Crippen molar-refractivity contribution in [3.05, 3.63) is 35.4 Å². The van der Waals surface area contributed by atoms with Gasteiger partial charge >= 0.3 is 0 Å². The number of hydrogen-bond acceptors (Lipinski definition) is 2. The summed E-state index contributed by atoms with van der Waals surface area (Å²) in [6.07, 6.45) is 1.17. The predicted octanol–water partition coefficient (Wildman–Crippen LogP) is 2.91. The first-order chi connectivity index (χ1) is 6.70. The zero-order chi connectivity index (χ0) is 10.6. The monoisotopic (exact) mass is 197 g/mol. The van der Waals surface area contributed by atoms with Gasteiger partial charge in [0.15, 0.2) is 11.6 Å². The summed E-state index contributed by atoms with van der Waals surface area (Å²) >= 11 is 0. The van der Waals surface area contributed by atoms with Crippen LogP contribution in [0.5, 0.6) is 0 Å². The molecular weight excluding hydrogens is 188 g/mol. The van der Waals surface area contributed by atoms with Crippen LogP contribution in [0.15, 0.2) is 18.2 Å². The maximum absolute atomic E-state index is 13.2. The first kappa shape index (κ1) is 10.5. The Morgan fingerprint density at radius 2 is 2.21 bits per heavy atom. The molecule has 0 aliphatic rings. The lowest BCUT2D eigenvalue weighted by molar-refractivity contribution is 0.154. The van der Waals surface area contributed by atoms with E-state index in [1.165, 1.54) is 18.4 Å². The molecule has 14 heavy (non-hydrogen) atoms.